The third-order valence-corrected chi connectivity index (χ3v) is 3.07. The molecule has 0 amide bonds. The van der Waals surface area contributed by atoms with Crippen molar-refractivity contribution >= 4 is 10.8 Å². The smallest absolute Gasteiger partial charge is 0.119 e. The number of hydrogen-bond donors (Lipinski definition) is 2. The van der Waals surface area contributed by atoms with Crippen molar-refractivity contribution < 1.29 is 14.9 Å². The maximum absolute atomic E-state index is 9.20. The number of aliphatic hydroxyl groups excluding tert-OH is 2. The first-order valence-corrected chi connectivity index (χ1v) is 6.00. The van der Waals surface area contributed by atoms with Gasteiger partial charge in [0.05, 0.1) is 19.8 Å². The van der Waals surface area contributed by atoms with Crippen LogP contribution in [0.15, 0.2) is 42.5 Å². The van der Waals surface area contributed by atoms with Crippen LogP contribution in [0, 0.1) is 5.41 Å². The molecule has 2 aromatic rings. The van der Waals surface area contributed by atoms with Crippen molar-refractivity contribution in [3.63, 3.8) is 0 Å². The summed E-state index contributed by atoms with van der Waals surface area (Å²) in [5.74, 6) is 0.752. The molecule has 3 heteroatoms. The van der Waals surface area contributed by atoms with E-state index in [0.29, 0.717) is 6.61 Å². The van der Waals surface area contributed by atoms with Gasteiger partial charge in [-0.25, -0.2) is 0 Å². The molecule has 0 aliphatic carbocycles. The average molecular weight is 246 g/mol. The van der Waals surface area contributed by atoms with Gasteiger partial charge in [-0.15, -0.1) is 0 Å². The standard InChI is InChI=1S/C15H18O3/c1-15(9-16,10-17)11-18-14-7-6-12-4-2-3-5-13(12)8-14/h2-8,16-17H,9-11H2,1H3. The number of hydrogen-bond acceptors (Lipinski definition) is 3. The fourth-order valence-corrected chi connectivity index (χ4v) is 1.66. The largest absolute Gasteiger partial charge is 0.493 e. The minimum Gasteiger partial charge on any atom is -0.493 e. The van der Waals surface area contributed by atoms with Crippen molar-refractivity contribution in [1.82, 2.24) is 0 Å². The zero-order valence-electron chi connectivity index (χ0n) is 10.5. The summed E-state index contributed by atoms with van der Waals surface area (Å²) >= 11 is 0. The van der Waals surface area contributed by atoms with Crippen LogP contribution in [0.5, 0.6) is 5.75 Å². The molecule has 2 aromatic carbocycles. The Hall–Kier alpha value is -1.58. The molecule has 0 aliphatic rings. The number of ether oxygens (including phenoxy) is 1. The van der Waals surface area contributed by atoms with Crippen LogP contribution in [0.4, 0.5) is 0 Å². The lowest BCUT2D eigenvalue weighted by molar-refractivity contribution is 0.0287. The lowest BCUT2D eigenvalue weighted by Gasteiger charge is -2.24. The molecule has 0 unspecified atom stereocenters. The zero-order chi connectivity index (χ0) is 13.0. The Labute approximate surface area is 107 Å². The molecular weight excluding hydrogens is 228 g/mol. The van der Waals surface area contributed by atoms with E-state index in [9.17, 15) is 10.2 Å². The van der Waals surface area contributed by atoms with E-state index in [1.807, 2.05) is 42.5 Å². The highest BCUT2D eigenvalue weighted by Crippen LogP contribution is 2.23. The molecule has 0 saturated heterocycles. The summed E-state index contributed by atoms with van der Waals surface area (Å²) in [6.07, 6.45) is 0. The normalized spacial score (nSPS) is 11.7. The molecule has 0 spiro atoms. The molecule has 0 heterocycles. The van der Waals surface area contributed by atoms with Crippen LogP contribution < -0.4 is 4.74 Å². The van der Waals surface area contributed by atoms with Crippen LogP contribution in [0.2, 0.25) is 0 Å². The van der Waals surface area contributed by atoms with Gasteiger partial charge in [0.1, 0.15) is 5.75 Å². The second-order valence-corrected chi connectivity index (χ2v) is 4.92. The molecule has 18 heavy (non-hydrogen) atoms. The number of rotatable bonds is 5. The summed E-state index contributed by atoms with van der Waals surface area (Å²) < 4.78 is 5.64. The Morgan fingerprint density at radius 3 is 2.33 bits per heavy atom. The highest BCUT2D eigenvalue weighted by molar-refractivity contribution is 5.83. The van der Waals surface area contributed by atoms with Gasteiger partial charge in [-0.2, -0.15) is 0 Å². The SMILES string of the molecule is CC(CO)(CO)COc1ccc2ccccc2c1. The summed E-state index contributed by atoms with van der Waals surface area (Å²) in [4.78, 5) is 0. The van der Waals surface area contributed by atoms with E-state index >= 15 is 0 Å². The van der Waals surface area contributed by atoms with Crippen LogP contribution in [0.25, 0.3) is 10.8 Å². The van der Waals surface area contributed by atoms with E-state index in [1.54, 1.807) is 6.92 Å². The Kier molecular flexibility index (Phi) is 3.84. The molecule has 0 aliphatic heterocycles. The topological polar surface area (TPSA) is 49.7 Å². The first kappa shape index (κ1) is 12.9. The number of fused-ring (bicyclic) bond motifs is 1. The fourth-order valence-electron chi connectivity index (χ4n) is 1.66. The molecule has 0 radical (unpaired) electrons. The van der Waals surface area contributed by atoms with Gasteiger partial charge in [-0.3, -0.25) is 0 Å². The van der Waals surface area contributed by atoms with Crippen molar-refractivity contribution in [2.24, 2.45) is 5.41 Å². The van der Waals surface area contributed by atoms with Crippen molar-refractivity contribution in [2.45, 2.75) is 6.92 Å². The predicted octanol–water partition coefficient (Wildman–Crippen LogP) is 2.21. The van der Waals surface area contributed by atoms with Crippen LogP contribution in [-0.2, 0) is 0 Å². The first-order chi connectivity index (χ1) is 8.67. The summed E-state index contributed by atoms with van der Waals surface area (Å²) in [7, 11) is 0. The Morgan fingerprint density at radius 2 is 1.67 bits per heavy atom. The number of benzene rings is 2. The molecule has 0 atom stereocenters. The fraction of sp³-hybridized carbons (Fsp3) is 0.333. The van der Waals surface area contributed by atoms with Crippen LogP contribution in [0.3, 0.4) is 0 Å². The second kappa shape index (κ2) is 5.38. The molecule has 96 valence electrons. The van der Waals surface area contributed by atoms with E-state index in [-0.39, 0.29) is 13.2 Å². The van der Waals surface area contributed by atoms with Gasteiger partial charge < -0.3 is 14.9 Å². The minimum atomic E-state index is -0.606. The molecule has 0 bridgehead atoms. The Bertz CT molecular complexity index is 518. The molecule has 2 rings (SSSR count). The quantitative estimate of drug-likeness (QED) is 0.850. The molecule has 0 aromatic heterocycles. The third-order valence-electron chi connectivity index (χ3n) is 3.07. The highest BCUT2D eigenvalue weighted by atomic mass is 16.5. The molecule has 3 nitrogen and oxygen atoms in total. The van der Waals surface area contributed by atoms with Gasteiger partial charge >= 0.3 is 0 Å². The zero-order valence-corrected chi connectivity index (χ0v) is 10.5. The van der Waals surface area contributed by atoms with Crippen LogP contribution in [0.1, 0.15) is 6.92 Å². The lowest BCUT2D eigenvalue weighted by atomic mass is 9.94. The van der Waals surface area contributed by atoms with Gasteiger partial charge in [0.15, 0.2) is 0 Å². The van der Waals surface area contributed by atoms with Gasteiger partial charge in [0.25, 0.3) is 0 Å². The Morgan fingerprint density at radius 1 is 1.00 bits per heavy atom. The van der Waals surface area contributed by atoms with Crippen molar-refractivity contribution in [1.29, 1.82) is 0 Å². The van der Waals surface area contributed by atoms with E-state index in [4.69, 9.17) is 4.74 Å². The van der Waals surface area contributed by atoms with Gasteiger partial charge in [0.2, 0.25) is 0 Å². The monoisotopic (exact) mass is 246 g/mol. The highest BCUT2D eigenvalue weighted by Gasteiger charge is 2.23. The third kappa shape index (κ3) is 2.81. The predicted molar refractivity (Wildman–Crippen MR) is 71.7 cm³/mol. The second-order valence-electron chi connectivity index (χ2n) is 4.92. The number of aliphatic hydroxyl groups is 2. The Balaban J connectivity index is 2.12. The molecule has 2 N–H and O–H groups in total. The van der Waals surface area contributed by atoms with Crippen LogP contribution >= 0.6 is 0 Å². The summed E-state index contributed by atoms with van der Waals surface area (Å²) in [6, 6.07) is 13.9. The summed E-state index contributed by atoms with van der Waals surface area (Å²) in [5.41, 5.74) is -0.606. The van der Waals surface area contributed by atoms with Crippen LogP contribution in [-0.4, -0.2) is 30.0 Å². The molecular formula is C15H18O3. The molecule has 0 fully saturated rings. The van der Waals surface area contributed by atoms with E-state index in [0.717, 1.165) is 16.5 Å². The van der Waals surface area contributed by atoms with E-state index < -0.39 is 5.41 Å². The van der Waals surface area contributed by atoms with E-state index in [2.05, 4.69) is 0 Å². The average Bonchev–Trinajstić information content (AvgIpc) is 2.44. The van der Waals surface area contributed by atoms with Crippen molar-refractivity contribution in [3.05, 3.63) is 42.5 Å². The maximum atomic E-state index is 9.20. The maximum Gasteiger partial charge on any atom is 0.119 e. The lowest BCUT2D eigenvalue weighted by Crippen LogP contribution is -2.32. The molecule has 0 saturated carbocycles. The first-order valence-electron chi connectivity index (χ1n) is 6.00. The van der Waals surface area contributed by atoms with Gasteiger partial charge in [-0.1, -0.05) is 37.3 Å². The van der Waals surface area contributed by atoms with Crippen molar-refractivity contribution in [3.8, 4) is 5.75 Å². The summed E-state index contributed by atoms with van der Waals surface area (Å²) in [6.45, 7) is 1.88. The van der Waals surface area contributed by atoms with Gasteiger partial charge in [0, 0.05) is 5.41 Å². The van der Waals surface area contributed by atoms with Gasteiger partial charge in [-0.05, 0) is 22.9 Å². The minimum absolute atomic E-state index is 0.100. The summed E-state index contributed by atoms with van der Waals surface area (Å²) in [5, 5.41) is 20.7. The van der Waals surface area contributed by atoms with E-state index in [1.165, 1.54) is 0 Å². The van der Waals surface area contributed by atoms with Crippen molar-refractivity contribution in [2.75, 3.05) is 19.8 Å².